The zero-order chi connectivity index (χ0) is 14.7. The minimum absolute atomic E-state index is 0.101. The monoisotopic (exact) mass is 289 g/mol. The van der Waals surface area contributed by atoms with Crippen LogP contribution in [0, 0.1) is 6.92 Å². The number of likely N-dealkylation sites (tertiary alicyclic amines) is 2. The van der Waals surface area contributed by atoms with Crippen LogP contribution in [0.4, 0.5) is 0 Å². The van der Waals surface area contributed by atoms with E-state index in [1.54, 1.807) is 0 Å². The highest BCUT2D eigenvalue weighted by Crippen LogP contribution is 2.22. The fraction of sp³-hybridized carbons (Fsp3) is 0.706. The van der Waals surface area contributed by atoms with Crippen molar-refractivity contribution in [3.8, 4) is 0 Å². The number of hydrogen-bond acceptors (Lipinski definition) is 4. The Labute approximate surface area is 127 Å². The minimum atomic E-state index is -0.101. The van der Waals surface area contributed by atoms with Gasteiger partial charge in [-0.3, -0.25) is 14.8 Å². The van der Waals surface area contributed by atoms with Gasteiger partial charge >= 0.3 is 0 Å². The van der Waals surface area contributed by atoms with Crippen LogP contribution in [0.15, 0.2) is 18.5 Å². The predicted molar refractivity (Wildman–Crippen MR) is 84.1 cm³/mol. The number of piperidine rings is 2. The molecule has 4 nitrogen and oxygen atoms in total. The summed E-state index contributed by atoms with van der Waals surface area (Å²) in [6.45, 7) is 7.57. The Hall–Kier alpha value is -0.970. The Balaban J connectivity index is 1.50. The van der Waals surface area contributed by atoms with Gasteiger partial charge in [0.25, 0.3) is 0 Å². The Morgan fingerprint density at radius 1 is 1.24 bits per heavy atom. The van der Waals surface area contributed by atoms with Gasteiger partial charge in [-0.05, 0) is 69.4 Å². The van der Waals surface area contributed by atoms with E-state index in [9.17, 15) is 5.11 Å². The first-order valence-electron chi connectivity index (χ1n) is 8.26. The molecule has 1 atom stereocenters. The number of nitrogens with zero attached hydrogens (tertiary/aromatic N) is 3. The molecule has 2 aliphatic rings. The summed E-state index contributed by atoms with van der Waals surface area (Å²) in [5.41, 5.74) is 2.69. The second-order valence-corrected chi connectivity index (χ2v) is 6.60. The lowest BCUT2D eigenvalue weighted by Crippen LogP contribution is -2.49. The van der Waals surface area contributed by atoms with Crippen molar-refractivity contribution in [2.24, 2.45) is 0 Å². The van der Waals surface area contributed by atoms with Gasteiger partial charge in [-0.25, -0.2) is 0 Å². The van der Waals surface area contributed by atoms with E-state index in [2.05, 4.69) is 27.8 Å². The summed E-state index contributed by atoms with van der Waals surface area (Å²) in [5, 5.41) is 9.83. The third-order valence-corrected chi connectivity index (χ3v) is 5.03. The standard InChI is InChI=1S/C17H27N3O/c1-14-11-18-7-4-15(14)12-19-9-5-16(6-10-19)20-8-2-3-17(21)13-20/h4,7,11,16-17,21H,2-3,5-6,8-10,12-13H2,1H3. The van der Waals surface area contributed by atoms with Crippen molar-refractivity contribution in [3.63, 3.8) is 0 Å². The number of aromatic nitrogens is 1. The largest absolute Gasteiger partial charge is 0.392 e. The summed E-state index contributed by atoms with van der Waals surface area (Å²) in [7, 11) is 0. The van der Waals surface area contributed by atoms with Crippen molar-refractivity contribution < 1.29 is 5.11 Å². The highest BCUT2D eigenvalue weighted by atomic mass is 16.3. The van der Waals surface area contributed by atoms with Crippen LogP contribution in [-0.2, 0) is 6.54 Å². The second kappa shape index (κ2) is 6.86. The average molecular weight is 289 g/mol. The molecule has 0 bridgehead atoms. The zero-order valence-corrected chi connectivity index (χ0v) is 13.0. The summed E-state index contributed by atoms with van der Waals surface area (Å²) in [6.07, 6.45) is 8.35. The van der Waals surface area contributed by atoms with Gasteiger partial charge in [0.2, 0.25) is 0 Å². The zero-order valence-electron chi connectivity index (χ0n) is 13.0. The van der Waals surface area contributed by atoms with E-state index < -0.39 is 0 Å². The Morgan fingerprint density at radius 3 is 2.76 bits per heavy atom. The SMILES string of the molecule is Cc1cnccc1CN1CCC(N2CCCC(O)C2)CC1. The van der Waals surface area contributed by atoms with Crippen LogP contribution in [0.25, 0.3) is 0 Å². The lowest BCUT2D eigenvalue weighted by Gasteiger charge is -2.41. The van der Waals surface area contributed by atoms with E-state index >= 15 is 0 Å². The second-order valence-electron chi connectivity index (χ2n) is 6.60. The number of hydrogen-bond donors (Lipinski definition) is 1. The van der Waals surface area contributed by atoms with Gasteiger partial charge in [0.05, 0.1) is 6.10 Å². The van der Waals surface area contributed by atoms with Crippen LogP contribution < -0.4 is 0 Å². The maximum Gasteiger partial charge on any atom is 0.0667 e. The van der Waals surface area contributed by atoms with Crippen molar-refractivity contribution >= 4 is 0 Å². The van der Waals surface area contributed by atoms with Crippen LogP contribution in [0.5, 0.6) is 0 Å². The molecule has 0 amide bonds. The van der Waals surface area contributed by atoms with Crippen molar-refractivity contribution in [3.05, 3.63) is 29.6 Å². The third kappa shape index (κ3) is 3.82. The van der Waals surface area contributed by atoms with E-state index in [0.29, 0.717) is 6.04 Å². The van der Waals surface area contributed by atoms with Crippen molar-refractivity contribution in [1.82, 2.24) is 14.8 Å². The molecule has 2 fully saturated rings. The summed E-state index contributed by atoms with van der Waals surface area (Å²) in [5.74, 6) is 0. The average Bonchev–Trinajstić information content (AvgIpc) is 2.50. The van der Waals surface area contributed by atoms with Crippen molar-refractivity contribution in [2.45, 2.75) is 51.3 Å². The molecule has 2 saturated heterocycles. The van der Waals surface area contributed by atoms with Gasteiger partial charge < -0.3 is 5.11 Å². The van der Waals surface area contributed by atoms with Crippen molar-refractivity contribution in [1.29, 1.82) is 0 Å². The highest BCUT2D eigenvalue weighted by molar-refractivity contribution is 5.21. The Kier molecular flexibility index (Phi) is 4.88. The third-order valence-electron chi connectivity index (χ3n) is 5.03. The molecule has 2 aliphatic heterocycles. The number of β-amino-alcohol motifs (C(OH)–C–C–N with tert-alkyl or cyclic N) is 1. The van der Waals surface area contributed by atoms with E-state index in [-0.39, 0.29) is 6.10 Å². The molecule has 0 radical (unpaired) electrons. The summed E-state index contributed by atoms with van der Waals surface area (Å²) < 4.78 is 0. The number of pyridine rings is 1. The molecule has 4 heteroatoms. The predicted octanol–water partition coefficient (Wildman–Crippen LogP) is 1.81. The fourth-order valence-corrected chi connectivity index (χ4v) is 3.68. The molecular formula is C17H27N3O. The highest BCUT2D eigenvalue weighted by Gasteiger charge is 2.28. The van der Waals surface area contributed by atoms with Gasteiger partial charge in [0.15, 0.2) is 0 Å². The molecule has 3 heterocycles. The maximum atomic E-state index is 9.83. The van der Waals surface area contributed by atoms with Gasteiger partial charge in [0.1, 0.15) is 0 Å². The summed E-state index contributed by atoms with van der Waals surface area (Å²) in [6, 6.07) is 2.82. The van der Waals surface area contributed by atoms with E-state index in [4.69, 9.17) is 0 Å². The van der Waals surface area contributed by atoms with Crippen LogP contribution in [-0.4, -0.2) is 58.2 Å². The van der Waals surface area contributed by atoms with Crippen LogP contribution in [0.2, 0.25) is 0 Å². The van der Waals surface area contributed by atoms with Gasteiger partial charge in [-0.1, -0.05) is 0 Å². The van der Waals surface area contributed by atoms with E-state index in [1.165, 1.54) is 43.6 Å². The Morgan fingerprint density at radius 2 is 2.05 bits per heavy atom. The van der Waals surface area contributed by atoms with Gasteiger partial charge in [-0.2, -0.15) is 0 Å². The van der Waals surface area contributed by atoms with Crippen LogP contribution >= 0.6 is 0 Å². The molecule has 0 aromatic carbocycles. The topological polar surface area (TPSA) is 39.6 Å². The maximum absolute atomic E-state index is 9.83. The van der Waals surface area contributed by atoms with Crippen LogP contribution in [0.3, 0.4) is 0 Å². The fourth-order valence-electron chi connectivity index (χ4n) is 3.68. The molecule has 1 aromatic rings. The molecule has 0 spiro atoms. The van der Waals surface area contributed by atoms with E-state index in [1.807, 2.05) is 12.4 Å². The molecular weight excluding hydrogens is 262 g/mol. The minimum Gasteiger partial charge on any atom is -0.392 e. The first-order chi connectivity index (χ1) is 10.2. The van der Waals surface area contributed by atoms with Gasteiger partial charge in [0, 0.05) is 31.5 Å². The lowest BCUT2D eigenvalue weighted by atomic mass is 9.98. The summed E-state index contributed by atoms with van der Waals surface area (Å²) >= 11 is 0. The molecule has 0 saturated carbocycles. The number of aliphatic hydroxyl groups is 1. The smallest absolute Gasteiger partial charge is 0.0667 e. The molecule has 1 aromatic heterocycles. The molecule has 21 heavy (non-hydrogen) atoms. The molecule has 0 aliphatic carbocycles. The molecule has 116 valence electrons. The van der Waals surface area contributed by atoms with E-state index in [0.717, 1.165) is 25.9 Å². The Bertz CT molecular complexity index is 457. The first-order valence-corrected chi connectivity index (χ1v) is 8.26. The first kappa shape index (κ1) is 14.9. The number of aryl methyl sites for hydroxylation is 1. The number of aliphatic hydroxyl groups excluding tert-OH is 1. The molecule has 1 unspecified atom stereocenters. The molecule has 3 rings (SSSR count). The van der Waals surface area contributed by atoms with Crippen molar-refractivity contribution in [2.75, 3.05) is 26.2 Å². The normalized spacial score (nSPS) is 26.1. The summed E-state index contributed by atoms with van der Waals surface area (Å²) in [4.78, 5) is 9.24. The van der Waals surface area contributed by atoms with Crippen LogP contribution in [0.1, 0.15) is 36.8 Å². The quantitative estimate of drug-likeness (QED) is 0.921. The number of rotatable bonds is 3. The molecule has 1 N–H and O–H groups in total. The lowest BCUT2D eigenvalue weighted by molar-refractivity contribution is 0.0243. The van der Waals surface area contributed by atoms with Gasteiger partial charge in [-0.15, -0.1) is 0 Å².